The number of nitro benzene ring substituents is 1. The summed E-state index contributed by atoms with van der Waals surface area (Å²) < 4.78 is 6.04. The summed E-state index contributed by atoms with van der Waals surface area (Å²) in [7, 11) is 0. The third-order valence-corrected chi connectivity index (χ3v) is 5.14. The van der Waals surface area contributed by atoms with Crippen LogP contribution in [0.25, 0.3) is 22.3 Å². The van der Waals surface area contributed by atoms with Crippen molar-refractivity contribution in [3.63, 3.8) is 0 Å². The van der Waals surface area contributed by atoms with Gasteiger partial charge in [0.2, 0.25) is 5.43 Å². The second kappa shape index (κ2) is 7.09. The number of hydrogen-bond donors (Lipinski definition) is 0. The largest absolute Gasteiger partial charge is 0.455 e. The van der Waals surface area contributed by atoms with Crippen LogP contribution >= 0.6 is 11.8 Å². The molecule has 0 aliphatic rings. The fourth-order valence-electron chi connectivity index (χ4n) is 2.75. The Bertz CT molecular complexity index is 1180. The molecule has 6 heteroatoms. The Morgan fingerprint density at radius 1 is 0.852 bits per heavy atom. The maximum atomic E-state index is 13.1. The van der Waals surface area contributed by atoms with Crippen LogP contribution in [0.2, 0.25) is 0 Å². The molecule has 0 N–H and O–H groups in total. The van der Waals surface area contributed by atoms with E-state index in [0.29, 0.717) is 27.2 Å². The van der Waals surface area contributed by atoms with Crippen LogP contribution < -0.4 is 5.43 Å². The highest BCUT2D eigenvalue weighted by Crippen LogP contribution is 2.36. The summed E-state index contributed by atoms with van der Waals surface area (Å²) in [6.45, 7) is 0. The molecule has 0 aliphatic carbocycles. The number of non-ortho nitro benzene ring substituents is 1. The number of rotatable bonds is 4. The summed E-state index contributed by atoms with van der Waals surface area (Å²) in [5, 5.41) is 11.4. The van der Waals surface area contributed by atoms with E-state index >= 15 is 0 Å². The molecule has 0 fully saturated rings. The van der Waals surface area contributed by atoms with Crippen LogP contribution in [0.15, 0.2) is 97.9 Å². The molecule has 4 rings (SSSR count). The molecule has 0 aliphatic heterocycles. The van der Waals surface area contributed by atoms with Gasteiger partial charge in [-0.3, -0.25) is 14.9 Å². The first-order valence-electron chi connectivity index (χ1n) is 8.17. The molecule has 0 atom stereocenters. The molecule has 0 radical (unpaired) electrons. The molecular weight excluding hydrogens is 362 g/mol. The minimum Gasteiger partial charge on any atom is -0.455 e. The van der Waals surface area contributed by atoms with Crippen LogP contribution in [0, 0.1) is 10.1 Å². The molecule has 0 saturated heterocycles. The maximum Gasteiger partial charge on any atom is 0.269 e. The van der Waals surface area contributed by atoms with Gasteiger partial charge in [-0.2, -0.15) is 0 Å². The topological polar surface area (TPSA) is 73.3 Å². The quantitative estimate of drug-likeness (QED) is 0.347. The summed E-state index contributed by atoms with van der Waals surface area (Å²) in [5.74, 6) is 0.405. The van der Waals surface area contributed by atoms with Crippen molar-refractivity contribution < 1.29 is 9.34 Å². The van der Waals surface area contributed by atoms with Crippen molar-refractivity contribution in [3.05, 3.63) is 99.2 Å². The molecule has 0 bridgehead atoms. The lowest BCUT2D eigenvalue weighted by molar-refractivity contribution is -0.384. The molecule has 1 aromatic heterocycles. The standard InChI is InChI=1S/C21H13NO4S/c23-19-17-8-4-5-9-18(17)26-20(14-10-12-15(13-11-14)22(24)25)21(19)27-16-6-2-1-3-7-16/h1-13H. The molecule has 0 spiro atoms. The number of hydrogen-bond acceptors (Lipinski definition) is 5. The van der Waals surface area contributed by atoms with Crippen LogP contribution in [-0.2, 0) is 0 Å². The Morgan fingerprint density at radius 2 is 1.52 bits per heavy atom. The van der Waals surface area contributed by atoms with Gasteiger partial charge in [0, 0.05) is 22.6 Å². The van der Waals surface area contributed by atoms with E-state index in [9.17, 15) is 14.9 Å². The van der Waals surface area contributed by atoms with Crippen molar-refractivity contribution in [1.82, 2.24) is 0 Å². The summed E-state index contributed by atoms with van der Waals surface area (Å²) in [5.41, 5.74) is 0.952. The third kappa shape index (κ3) is 3.35. The average Bonchev–Trinajstić information content (AvgIpc) is 2.71. The van der Waals surface area contributed by atoms with E-state index in [0.717, 1.165) is 4.90 Å². The van der Waals surface area contributed by atoms with Gasteiger partial charge in [0.05, 0.1) is 10.3 Å². The van der Waals surface area contributed by atoms with Gasteiger partial charge >= 0.3 is 0 Å². The molecule has 3 aromatic carbocycles. The predicted molar refractivity (Wildman–Crippen MR) is 105 cm³/mol. The third-order valence-electron chi connectivity index (χ3n) is 4.06. The number of para-hydroxylation sites is 1. The number of benzene rings is 3. The average molecular weight is 375 g/mol. The lowest BCUT2D eigenvalue weighted by Crippen LogP contribution is -2.06. The van der Waals surface area contributed by atoms with E-state index in [1.807, 2.05) is 30.3 Å². The Morgan fingerprint density at radius 3 is 2.22 bits per heavy atom. The summed E-state index contributed by atoms with van der Waals surface area (Å²) in [6.07, 6.45) is 0. The fraction of sp³-hybridized carbons (Fsp3) is 0. The van der Waals surface area contributed by atoms with Crippen LogP contribution in [0.5, 0.6) is 0 Å². The zero-order chi connectivity index (χ0) is 18.8. The minimum atomic E-state index is -0.458. The zero-order valence-electron chi connectivity index (χ0n) is 14.0. The van der Waals surface area contributed by atoms with E-state index in [2.05, 4.69) is 0 Å². The van der Waals surface area contributed by atoms with Gasteiger partial charge in [0.1, 0.15) is 10.5 Å². The Balaban J connectivity index is 1.93. The first kappa shape index (κ1) is 17.1. The monoisotopic (exact) mass is 375 g/mol. The normalized spacial score (nSPS) is 10.8. The molecule has 0 unspecified atom stereocenters. The van der Waals surface area contributed by atoms with Crippen molar-refractivity contribution in [1.29, 1.82) is 0 Å². The highest BCUT2D eigenvalue weighted by molar-refractivity contribution is 7.99. The smallest absolute Gasteiger partial charge is 0.269 e. The molecule has 5 nitrogen and oxygen atoms in total. The predicted octanol–water partition coefficient (Wildman–Crippen LogP) is 5.52. The molecule has 1 heterocycles. The van der Waals surface area contributed by atoms with Crippen LogP contribution in [0.4, 0.5) is 5.69 Å². The van der Waals surface area contributed by atoms with Crippen molar-refractivity contribution >= 4 is 28.4 Å². The van der Waals surface area contributed by atoms with E-state index in [-0.39, 0.29) is 11.1 Å². The first-order chi connectivity index (χ1) is 13.1. The Kier molecular flexibility index (Phi) is 4.48. The fourth-order valence-corrected chi connectivity index (χ4v) is 3.73. The lowest BCUT2D eigenvalue weighted by Gasteiger charge is -2.10. The van der Waals surface area contributed by atoms with Gasteiger partial charge in [0.15, 0.2) is 5.76 Å². The van der Waals surface area contributed by atoms with Crippen LogP contribution in [0.1, 0.15) is 0 Å². The van der Waals surface area contributed by atoms with Gasteiger partial charge in [0.25, 0.3) is 5.69 Å². The molecule has 4 aromatic rings. The summed E-state index contributed by atoms with van der Waals surface area (Å²) in [4.78, 5) is 24.9. The van der Waals surface area contributed by atoms with Gasteiger partial charge in [-0.15, -0.1) is 0 Å². The van der Waals surface area contributed by atoms with E-state index in [4.69, 9.17) is 4.42 Å². The van der Waals surface area contributed by atoms with Crippen LogP contribution in [0.3, 0.4) is 0 Å². The molecule has 27 heavy (non-hydrogen) atoms. The van der Waals surface area contributed by atoms with Gasteiger partial charge in [-0.25, -0.2) is 0 Å². The van der Waals surface area contributed by atoms with E-state index < -0.39 is 4.92 Å². The Labute approximate surface area is 158 Å². The van der Waals surface area contributed by atoms with Crippen molar-refractivity contribution in [2.45, 2.75) is 9.79 Å². The summed E-state index contributed by atoms with van der Waals surface area (Å²) >= 11 is 1.32. The Hall–Kier alpha value is -3.38. The van der Waals surface area contributed by atoms with E-state index in [1.165, 1.54) is 23.9 Å². The summed E-state index contributed by atoms with van der Waals surface area (Å²) in [6, 6.07) is 22.6. The maximum absolute atomic E-state index is 13.1. The van der Waals surface area contributed by atoms with Crippen molar-refractivity contribution in [3.8, 4) is 11.3 Å². The molecule has 0 amide bonds. The molecular formula is C21H13NO4S. The van der Waals surface area contributed by atoms with Crippen molar-refractivity contribution in [2.75, 3.05) is 0 Å². The molecule has 0 saturated carbocycles. The lowest BCUT2D eigenvalue weighted by atomic mass is 10.1. The van der Waals surface area contributed by atoms with E-state index in [1.54, 1.807) is 36.4 Å². The number of nitrogens with zero attached hydrogens (tertiary/aromatic N) is 1. The zero-order valence-corrected chi connectivity index (χ0v) is 14.8. The highest BCUT2D eigenvalue weighted by atomic mass is 32.2. The first-order valence-corrected chi connectivity index (χ1v) is 8.99. The van der Waals surface area contributed by atoms with Gasteiger partial charge < -0.3 is 4.42 Å². The van der Waals surface area contributed by atoms with Gasteiger partial charge in [-0.1, -0.05) is 42.1 Å². The second-order valence-corrected chi connectivity index (χ2v) is 6.89. The number of nitro groups is 1. The molecule has 132 valence electrons. The minimum absolute atomic E-state index is 0.0147. The van der Waals surface area contributed by atoms with Crippen LogP contribution in [-0.4, -0.2) is 4.92 Å². The number of fused-ring (bicyclic) bond motifs is 1. The van der Waals surface area contributed by atoms with Gasteiger partial charge in [-0.05, 0) is 36.4 Å². The van der Waals surface area contributed by atoms with Crippen molar-refractivity contribution in [2.24, 2.45) is 0 Å². The second-order valence-electron chi connectivity index (χ2n) is 5.80. The highest BCUT2D eigenvalue weighted by Gasteiger charge is 2.18. The SMILES string of the molecule is O=c1c(Sc2ccccc2)c(-c2ccc([N+](=O)[O-])cc2)oc2ccccc12.